The van der Waals surface area contributed by atoms with Crippen molar-refractivity contribution in [1.82, 2.24) is 0 Å². The van der Waals surface area contributed by atoms with Gasteiger partial charge in [-0.15, -0.1) is 0 Å². The molecule has 1 N–H and O–H groups in total. The molecule has 0 aliphatic carbocycles. The Balaban J connectivity index is 0.000000921. The van der Waals surface area contributed by atoms with Crippen LogP contribution >= 0.6 is 0 Å². The second kappa shape index (κ2) is 11.0. The number of allylic oxidation sites excluding steroid dienone is 2. The molecule has 0 unspecified atom stereocenters. The van der Waals surface area contributed by atoms with Crippen molar-refractivity contribution >= 4 is 0 Å². The second-order valence-electron chi connectivity index (χ2n) is 3.81. The highest BCUT2D eigenvalue weighted by Gasteiger charge is 2.02. The predicted octanol–water partition coefficient (Wildman–Crippen LogP) is 2.37. The molecule has 1 aliphatic rings. The number of hydrogen-bond acceptors (Lipinski definition) is 1. The van der Waals surface area contributed by atoms with Crippen molar-refractivity contribution in [3.05, 3.63) is 31.1 Å². The van der Waals surface area contributed by atoms with E-state index in [4.69, 9.17) is 11.8 Å². The lowest BCUT2D eigenvalue weighted by molar-refractivity contribution is -0.787. The van der Waals surface area contributed by atoms with Gasteiger partial charge in [-0.05, 0) is 25.0 Å². The van der Waals surface area contributed by atoms with E-state index >= 15 is 0 Å². The van der Waals surface area contributed by atoms with E-state index in [1.165, 1.54) is 50.0 Å². The third-order valence-electron chi connectivity index (χ3n) is 2.55. The molecule has 0 bridgehead atoms. The summed E-state index contributed by atoms with van der Waals surface area (Å²) in [5.74, 6) is 0. The fraction of sp³-hybridized carbons (Fsp3) is 0.615. The van der Waals surface area contributed by atoms with Gasteiger partial charge in [0.2, 0.25) is 0 Å². The predicted molar refractivity (Wildman–Crippen MR) is 62.5 cm³/mol. The molecular formula is C13H22N2. The molecule has 15 heavy (non-hydrogen) atoms. The Labute approximate surface area is 93.9 Å². The molecule has 0 spiro atoms. The zero-order valence-corrected chi connectivity index (χ0v) is 9.71. The molecule has 0 amide bonds. The quantitative estimate of drug-likeness (QED) is 0.503. The van der Waals surface area contributed by atoms with E-state index in [0.717, 1.165) is 0 Å². The SMILES string of the molecule is CCCCCCCC[NH+]1C=CC=C1.[C-]#N. The zero-order chi connectivity index (χ0) is 11.4. The number of nitrogens with one attached hydrogen (secondary N) is 1. The maximum Gasteiger partial charge on any atom is 0.0990 e. The van der Waals surface area contributed by atoms with Crippen LogP contribution in [0.1, 0.15) is 45.4 Å². The average molecular weight is 206 g/mol. The van der Waals surface area contributed by atoms with Crippen molar-refractivity contribution in [2.75, 3.05) is 6.54 Å². The van der Waals surface area contributed by atoms with Crippen molar-refractivity contribution in [2.45, 2.75) is 45.4 Å². The lowest BCUT2D eigenvalue weighted by atomic mass is 10.1. The van der Waals surface area contributed by atoms with Crippen LogP contribution in [0.25, 0.3) is 0 Å². The molecule has 0 aromatic rings. The van der Waals surface area contributed by atoms with Crippen LogP contribution in [0.15, 0.2) is 24.6 Å². The molecule has 0 aromatic carbocycles. The Kier molecular flexibility index (Phi) is 10.2. The lowest BCUT2D eigenvalue weighted by Crippen LogP contribution is -3.01. The average Bonchev–Trinajstić information content (AvgIpc) is 2.79. The highest BCUT2D eigenvalue weighted by atomic mass is 15.1. The molecular weight excluding hydrogens is 184 g/mol. The molecule has 1 aliphatic heterocycles. The van der Waals surface area contributed by atoms with Gasteiger partial charge in [0.1, 0.15) is 0 Å². The summed E-state index contributed by atoms with van der Waals surface area (Å²) < 4.78 is 0. The first kappa shape index (κ1) is 13.9. The Hall–Kier alpha value is -1.07. The van der Waals surface area contributed by atoms with Gasteiger partial charge in [0.25, 0.3) is 0 Å². The summed E-state index contributed by atoms with van der Waals surface area (Å²) in [6, 6.07) is 0. The smallest absolute Gasteiger partial charge is 0.0990 e. The normalized spacial score (nSPS) is 13.8. The van der Waals surface area contributed by atoms with Crippen LogP contribution in [-0.2, 0) is 0 Å². The third-order valence-corrected chi connectivity index (χ3v) is 2.55. The van der Waals surface area contributed by atoms with E-state index in [1.54, 1.807) is 0 Å². The maximum absolute atomic E-state index is 6.25. The number of rotatable bonds is 7. The van der Waals surface area contributed by atoms with Crippen LogP contribution in [0.5, 0.6) is 0 Å². The molecule has 2 heteroatoms. The minimum atomic E-state index is 1.28. The van der Waals surface area contributed by atoms with Crippen molar-refractivity contribution in [1.29, 1.82) is 5.26 Å². The molecule has 0 saturated carbocycles. The van der Waals surface area contributed by atoms with Crippen molar-refractivity contribution in [2.24, 2.45) is 0 Å². The van der Waals surface area contributed by atoms with Crippen LogP contribution in [0.3, 0.4) is 0 Å². The first-order valence-electron chi connectivity index (χ1n) is 5.86. The molecule has 0 aromatic heterocycles. The largest absolute Gasteiger partial charge is 0.512 e. The van der Waals surface area contributed by atoms with Crippen LogP contribution in [0.2, 0.25) is 0 Å². The van der Waals surface area contributed by atoms with Gasteiger partial charge in [-0.3, -0.25) is 4.90 Å². The van der Waals surface area contributed by atoms with Gasteiger partial charge in [0.15, 0.2) is 0 Å². The monoisotopic (exact) mass is 206 g/mol. The van der Waals surface area contributed by atoms with Gasteiger partial charge in [-0.2, -0.15) is 0 Å². The number of nitrogens with zero attached hydrogens (tertiary/aromatic N) is 1. The molecule has 0 saturated heterocycles. The summed E-state index contributed by atoms with van der Waals surface area (Å²) in [4.78, 5) is 1.51. The highest BCUT2D eigenvalue weighted by molar-refractivity contribution is 5.00. The molecule has 1 heterocycles. The summed E-state index contributed by atoms with van der Waals surface area (Å²) in [7, 11) is 0. The maximum atomic E-state index is 6.25. The summed E-state index contributed by atoms with van der Waals surface area (Å²) in [5, 5.41) is 6.25. The van der Waals surface area contributed by atoms with Crippen molar-refractivity contribution < 1.29 is 4.90 Å². The van der Waals surface area contributed by atoms with Crippen molar-refractivity contribution in [3.8, 4) is 0 Å². The van der Waals surface area contributed by atoms with E-state index in [0.29, 0.717) is 0 Å². The first-order valence-corrected chi connectivity index (χ1v) is 5.86. The van der Waals surface area contributed by atoms with Gasteiger partial charge in [0.05, 0.1) is 18.9 Å². The van der Waals surface area contributed by atoms with E-state index in [2.05, 4.69) is 31.5 Å². The van der Waals surface area contributed by atoms with Crippen LogP contribution < -0.4 is 4.90 Å². The van der Waals surface area contributed by atoms with Crippen LogP contribution in [0, 0.1) is 11.8 Å². The fourth-order valence-electron chi connectivity index (χ4n) is 1.69. The van der Waals surface area contributed by atoms with Crippen LogP contribution in [-0.4, -0.2) is 6.54 Å². The van der Waals surface area contributed by atoms with Gasteiger partial charge < -0.3 is 11.8 Å². The zero-order valence-electron chi connectivity index (χ0n) is 9.71. The summed E-state index contributed by atoms with van der Waals surface area (Å²) >= 11 is 0. The van der Waals surface area contributed by atoms with Gasteiger partial charge in [-0.25, -0.2) is 0 Å². The first-order chi connectivity index (χ1) is 7.43. The number of unbranched alkanes of at least 4 members (excludes halogenated alkanes) is 5. The summed E-state index contributed by atoms with van der Waals surface area (Å²) in [6.45, 7) is 8.29. The Morgan fingerprint density at radius 1 is 0.933 bits per heavy atom. The minimum Gasteiger partial charge on any atom is -0.512 e. The van der Waals surface area contributed by atoms with Gasteiger partial charge in [-0.1, -0.05) is 32.6 Å². The van der Waals surface area contributed by atoms with Crippen molar-refractivity contribution in [3.63, 3.8) is 0 Å². The number of hydrogen-bond donors (Lipinski definition) is 1. The Morgan fingerprint density at radius 3 is 2.07 bits per heavy atom. The van der Waals surface area contributed by atoms with E-state index in [-0.39, 0.29) is 0 Å². The third kappa shape index (κ3) is 7.96. The molecule has 84 valence electrons. The topological polar surface area (TPSA) is 28.2 Å². The fourth-order valence-corrected chi connectivity index (χ4v) is 1.69. The Bertz CT molecular complexity index is 192. The lowest BCUT2D eigenvalue weighted by Gasteiger charge is -2.05. The van der Waals surface area contributed by atoms with E-state index in [1.807, 2.05) is 0 Å². The van der Waals surface area contributed by atoms with E-state index < -0.39 is 0 Å². The van der Waals surface area contributed by atoms with Crippen LogP contribution in [0.4, 0.5) is 0 Å². The second-order valence-corrected chi connectivity index (χ2v) is 3.81. The molecule has 0 atom stereocenters. The minimum absolute atomic E-state index is 1.28. The Morgan fingerprint density at radius 2 is 1.47 bits per heavy atom. The van der Waals surface area contributed by atoms with Gasteiger partial charge in [0, 0.05) is 0 Å². The van der Waals surface area contributed by atoms with E-state index in [9.17, 15) is 0 Å². The molecule has 2 nitrogen and oxygen atoms in total. The number of quaternary nitrogens is 1. The standard InChI is InChI=1S/C12H21N.CN/c1-2-3-4-5-6-7-10-13-11-8-9-12-13;1-2/h8-9,11-12H,2-7,10H2,1H3;/q;-1/p+1. The highest BCUT2D eigenvalue weighted by Crippen LogP contribution is 2.03. The summed E-state index contributed by atoms with van der Waals surface area (Å²) in [6.07, 6.45) is 17.1. The summed E-state index contributed by atoms with van der Waals surface area (Å²) in [5.41, 5.74) is 0. The molecule has 0 fully saturated rings. The molecule has 0 radical (unpaired) electrons. The molecule has 1 rings (SSSR count). The van der Waals surface area contributed by atoms with Gasteiger partial charge >= 0.3 is 0 Å².